The largest absolute Gasteiger partial charge is 0.396 e. The van der Waals surface area contributed by atoms with Crippen molar-refractivity contribution < 1.29 is 9.90 Å². The first kappa shape index (κ1) is 16.3. The van der Waals surface area contributed by atoms with Crippen molar-refractivity contribution in [1.29, 1.82) is 0 Å². The molecule has 0 aromatic carbocycles. The van der Waals surface area contributed by atoms with Crippen LogP contribution in [0.1, 0.15) is 31.5 Å². The number of likely N-dealkylation sites (N-methyl/N-ethyl adjacent to an activating group) is 1. The molecular weight excluding hydrogens is 296 g/mol. The normalized spacial score (nSPS) is 28.7. The van der Waals surface area contributed by atoms with Crippen LogP contribution >= 0.6 is 0 Å². The van der Waals surface area contributed by atoms with Gasteiger partial charge in [0.25, 0.3) is 0 Å². The number of carbonyl (C=O) groups excluding carboxylic acids is 1. The van der Waals surface area contributed by atoms with Crippen molar-refractivity contribution in [3.05, 3.63) is 5.82 Å². The number of tetrazole rings is 1. The molecule has 3 rings (SSSR count). The molecule has 1 aromatic heterocycles. The zero-order valence-corrected chi connectivity index (χ0v) is 14.0. The zero-order chi connectivity index (χ0) is 16.4. The highest BCUT2D eigenvalue weighted by molar-refractivity contribution is 5.76. The zero-order valence-electron chi connectivity index (χ0n) is 14.0. The summed E-state index contributed by atoms with van der Waals surface area (Å²) < 4.78 is 1.66. The van der Waals surface area contributed by atoms with E-state index in [-0.39, 0.29) is 24.0 Å². The van der Waals surface area contributed by atoms with Crippen molar-refractivity contribution in [3.63, 3.8) is 0 Å². The van der Waals surface area contributed by atoms with E-state index in [1.165, 1.54) is 0 Å². The minimum absolute atomic E-state index is 0.0316. The molecule has 1 N–H and O–H groups in total. The molecule has 128 valence electrons. The van der Waals surface area contributed by atoms with Gasteiger partial charge in [-0.3, -0.25) is 4.79 Å². The number of rotatable bonds is 4. The summed E-state index contributed by atoms with van der Waals surface area (Å²) in [6, 6.07) is 0.258. The Morgan fingerprint density at radius 3 is 2.91 bits per heavy atom. The van der Waals surface area contributed by atoms with Crippen LogP contribution in [-0.4, -0.2) is 80.4 Å². The van der Waals surface area contributed by atoms with Crippen molar-refractivity contribution in [2.45, 2.75) is 45.2 Å². The Labute approximate surface area is 136 Å². The van der Waals surface area contributed by atoms with Gasteiger partial charge in [0.2, 0.25) is 5.91 Å². The molecule has 2 fully saturated rings. The molecule has 3 heterocycles. The van der Waals surface area contributed by atoms with E-state index in [4.69, 9.17) is 0 Å². The number of aliphatic hydroxyl groups excluding tert-OH is 1. The summed E-state index contributed by atoms with van der Waals surface area (Å²) >= 11 is 0. The third-order valence-electron chi connectivity index (χ3n) is 5.61. The van der Waals surface area contributed by atoms with E-state index >= 15 is 0 Å². The maximum atomic E-state index is 12.5. The van der Waals surface area contributed by atoms with Crippen LogP contribution in [0.15, 0.2) is 0 Å². The highest BCUT2D eigenvalue weighted by atomic mass is 16.3. The topological polar surface area (TPSA) is 87.4 Å². The van der Waals surface area contributed by atoms with Gasteiger partial charge in [0.05, 0.1) is 13.2 Å². The van der Waals surface area contributed by atoms with Crippen molar-refractivity contribution in [1.82, 2.24) is 30.0 Å². The van der Waals surface area contributed by atoms with E-state index < -0.39 is 0 Å². The van der Waals surface area contributed by atoms with Crippen molar-refractivity contribution in [3.8, 4) is 0 Å². The number of fused-ring (bicyclic) bond motifs is 1. The summed E-state index contributed by atoms with van der Waals surface area (Å²) in [5, 5.41) is 21.2. The van der Waals surface area contributed by atoms with Crippen LogP contribution in [-0.2, 0) is 11.3 Å². The maximum absolute atomic E-state index is 12.5. The summed E-state index contributed by atoms with van der Waals surface area (Å²) in [4.78, 5) is 16.8. The highest BCUT2D eigenvalue weighted by Gasteiger charge is 2.47. The molecule has 2 aliphatic heterocycles. The van der Waals surface area contributed by atoms with Gasteiger partial charge >= 0.3 is 0 Å². The van der Waals surface area contributed by atoms with Gasteiger partial charge in [-0.15, -0.1) is 5.10 Å². The van der Waals surface area contributed by atoms with Gasteiger partial charge in [-0.1, -0.05) is 0 Å². The number of hydrogen-bond donors (Lipinski definition) is 1. The fourth-order valence-corrected chi connectivity index (χ4v) is 4.06. The molecule has 2 saturated heterocycles. The van der Waals surface area contributed by atoms with Crippen LogP contribution in [0.5, 0.6) is 0 Å². The predicted molar refractivity (Wildman–Crippen MR) is 83.5 cm³/mol. The van der Waals surface area contributed by atoms with Crippen molar-refractivity contribution in [2.75, 3.05) is 33.3 Å². The van der Waals surface area contributed by atoms with Crippen LogP contribution in [0.3, 0.4) is 0 Å². The van der Waals surface area contributed by atoms with Crippen LogP contribution in [0.25, 0.3) is 0 Å². The van der Waals surface area contributed by atoms with Gasteiger partial charge in [-0.2, -0.15) is 0 Å². The lowest BCUT2D eigenvalue weighted by molar-refractivity contribution is -0.140. The molecule has 0 unspecified atom stereocenters. The number of amides is 1. The van der Waals surface area contributed by atoms with E-state index in [2.05, 4.69) is 27.5 Å². The van der Waals surface area contributed by atoms with E-state index in [1.54, 1.807) is 4.68 Å². The van der Waals surface area contributed by atoms with Gasteiger partial charge < -0.3 is 14.9 Å². The molecule has 0 aliphatic carbocycles. The smallest absolute Gasteiger partial charge is 0.224 e. The van der Waals surface area contributed by atoms with E-state index in [1.807, 2.05) is 11.8 Å². The Hall–Kier alpha value is -1.54. The minimum atomic E-state index is -0.0316. The molecule has 8 nitrogen and oxygen atoms in total. The number of nitrogens with zero attached hydrogens (tertiary/aromatic N) is 6. The van der Waals surface area contributed by atoms with Crippen molar-refractivity contribution >= 4 is 5.91 Å². The third-order valence-corrected chi connectivity index (χ3v) is 5.61. The highest BCUT2D eigenvalue weighted by Crippen LogP contribution is 2.41. The molecule has 0 bridgehead atoms. The number of hydrogen-bond acceptors (Lipinski definition) is 6. The summed E-state index contributed by atoms with van der Waals surface area (Å²) in [5.74, 6) is 0.869. The second-order valence-electron chi connectivity index (χ2n) is 6.91. The molecular formula is C15H26N6O2. The quantitative estimate of drug-likeness (QED) is 0.817. The Morgan fingerprint density at radius 1 is 1.39 bits per heavy atom. The monoisotopic (exact) mass is 322 g/mol. The summed E-state index contributed by atoms with van der Waals surface area (Å²) in [6.45, 7) is 5.05. The third kappa shape index (κ3) is 3.10. The summed E-state index contributed by atoms with van der Waals surface area (Å²) in [5.41, 5.74) is -0.0316. The number of aliphatic hydroxyl groups is 1. The first-order valence-corrected chi connectivity index (χ1v) is 8.37. The maximum Gasteiger partial charge on any atom is 0.224 e. The number of carbonyl (C=O) groups is 1. The van der Waals surface area contributed by atoms with Gasteiger partial charge in [0.1, 0.15) is 5.82 Å². The minimum Gasteiger partial charge on any atom is -0.396 e. The van der Waals surface area contributed by atoms with Gasteiger partial charge in [0.15, 0.2) is 0 Å². The lowest BCUT2D eigenvalue weighted by Gasteiger charge is -2.53. The number of aryl methyl sites for hydroxylation is 2. The molecule has 1 amide bonds. The molecule has 23 heavy (non-hydrogen) atoms. The number of piperidine rings is 2. The molecule has 1 aromatic rings. The average Bonchev–Trinajstić information content (AvgIpc) is 2.97. The SMILES string of the molecule is Cc1nnnn1CCC(=O)N1CC[C@@]2(CO)CCCN(C)[C@@H]2C1. The second-order valence-corrected chi connectivity index (χ2v) is 6.91. The molecule has 8 heteroatoms. The summed E-state index contributed by atoms with van der Waals surface area (Å²) in [6.07, 6.45) is 3.48. The standard InChI is InChI=1S/C15H26N6O2/c1-12-16-17-18-21(12)8-4-14(23)20-9-6-15(11-22)5-3-7-19(2)13(15)10-20/h13,22H,3-11H2,1-2H3/t13-,15-/m1/s1. The molecule has 0 saturated carbocycles. The lowest BCUT2D eigenvalue weighted by Crippen LogP contribution is -2.62. The van der Waals surface area contributed by atoms with Crippen LogP contribution in [0.4, 0.5) is 0 Å². The molecule has 2 atom stereocenters. The number of aromatic nitrogens is 4. The average molecular weight is 322 g/mol. The second kappa shape index (κ2) is 6.52. The first-order valence-electron chi connectivity index (χ1n) is 8.37. The summed E-state index contributed by atoms with van der Waals surface area (Å²) in [7, 11) is 2.10. The Bertz CT molecular complexity index is 562. The van der Waals surface area contributed by atoms with E-state index in [0.29, 0.717) is 19.5 Å². The van der Waals surface area contributed by atoms with Gasteiger partial charge in [-0.25, -0.2) is 4.68 Å². The van der Waals surface area contributed by atoms with E-state index in [0.717, 1.165) is 38.2 Å². The lowest BCUT2D eigenvalue weighted by atomic mass is 9.69. The van der Waals surface area contributed by atoms with E-state index in [9.17, 15) is 9.90 Å². The fourth-order valence-electron chi connectivity index (χ4n) is 4.06. The van der Waals surface area contributed by atoms with Gasteiger partial charge in [0, 0.05) is 31.0 Å². The first-order chi connectivity index (χ1) is 11.1. The number of likely N-dealkylation sites (tertiary alicyclic amines) is 2. The molecule has 0 spiro atoms. The molecule has 2 aliphatic rings. The Morgan fingerprint density at radius 2 is 2.22 bits per heavy atom. The van der Waals surface area contributed by atoms with Crippen LogP contribution in [0.2, 0.25) is 0 Å². The molecule has 0 radical (unpaired) electrons. The predicted octanol–water partition coefficient (Wildman–Crippen LogP) is -0.323. The van der Waals surface area contributed by atoms with Crippen molar-refractivity contribution in [2.24, 2.45) is 5.41 Å². The van der Waals surface area contributed by atoms with Gasteiger partial charge in [-0.05, 0) is 50.2 Å². The van der Waals surface area contributed by atoms with Crippen LogP contribution < -0.4 is 0 Å². The Balaban J connectivity index is 1.61. The Kier molecular flexibility index (Phi) is 4.63. The fraction of sp³-hybridized carbons (Fsp3) is 0.867. The van der Waals surface area contributed by atoms with Crippen LogP contribution in [0, 0.1) is 12.3 Å².